The topological polar surface area (TPSA) is 106 Å². The Bertz CT molecular complexity index is 1130. The molecule has 2 aromatic carbocycles. The average molecular weight is 519 g/mol. The lowest BCUT2D eigenvalue weighted by atomic mass is 9.94. The lowest BCUT2D eigenvalue weighted by Gasteiger charge is -2.24. The number of aliphatic hydroxyl groups is 1. The summed E-state index contributed by atoms with van der Waals surface area (Å²) < 4.78 is 44.3. The summed E-state index contributed by atoms with van der Waals surface area (Å²) in [5.41, 5.74) is -1.58. The maximum Gasteiger partial charge on any atom is 0.306 e. The van der Waals surface area contributed by atoms with Gasteiger partial charge in [-0.2, -0.15) is 0 Å². The number of aliphatic hydroxyl groups excluding tert-OH is 1. The number of carbonyl (C=O) groups is 2. The number of halogens is 2. The van der Waals surface area contributed by atoms with Crippen molar-refractivity contribution in [2.45, 2.75) is 57.7 Å². The lowest BCUT2D eigenvalue weighted by Crippen LogP contribution is -2.47. The SMILES string of the molecule is CC(C)(C)OC(=O)CC[C@]1(C(=O)NCc2cc(F)ccc2F)COC(c2ccc(OCCCO)cc2)=N1. The van der Waals surface area contributed by atoms with Gasteiger partial charge in [-0.3, -0.25) is 9.59 Å². The van der Waals surface area contributed by atoms with Crippen molar-refractivity contribution in [3.63, 3.8) is 0 Å². The van der Waals surface area contributed by atoms with Crippen LogP contribution in [0, 0.1) is 11.6 Å². The van der Waals surface area contributed by atoms with E-state index >= 15 is 0 Å². The van der Waals surface area contributed by atoms with Gasteiger partial charge in [-0.1, -0.05) is 0 Å². The van der Waals surface area contributed by atoms with E-state index in [9.17, 15) is 18.4 Å². The number of esters is 1. The molecule has 200 valence electrons. The fraction of sp³-hybridized carbons (Fsp3) is 0.444. The smallest absolute Gasteiger partial charge is 0.306 e. The van der Waals surface area contributed by atoms with Gasteiger partial charge in [0.2, 0.25) is 5.90 Å². The van der Waals surface area contributed by atoms with Crippen molar-refractivity contribution in [2.75, 3.05) is 19.8 Å². The van der Waals surface area contributed by atoms with Crippen molar-refractivity contribution >= 4 is 17.8 Å². The van der Waals surface area contributed by atoms with Crippen LogP contribution in [0.4, 0.5) is 8.78 Å². The summed E-state index contributed by atoms with van der Waals surface area (Å²) in [5.74, 6) is -1.56. The molecular weight excluding hydrogens is 486 g/mol. The minimum absolute atomic E-state index is 0.00870. The second-order valence-electron chi connectivity index (χ2n) is 9.69. The van der Waals surface area contributed by atoms with Crippen molar-refractivity contribution in [2.24, 2.45) is 4.99 Å². The van der Waals surface area contributed by atoms with Crippen LogP contribution in [0.15, 0.2) is 47.5 Å². The monoisotopic (exact) mass is 518 g/mol. The highest BCUT2D eigenvalue weighted by atomic mass is 19.1. The number of nitrogens with zero attached hydrogens (tertiary/aromatic N) is 1. The third-order valence-electron chi connectivity index (χ3n) is 5.47. The molecule has 0 fully saturated rings. The highest BCUT2D eigenvalue weighted by Crippen LogP contribution is 2.29. The first kappa shape index (κ1) is 28.0. The number of benzene rings is 2. The predicted molar refractivity (Wildman–Crippen MR) is 132 cm³/mol. The molecule has 37 heavy (non-hydrogen) atoms. The van der Waals surface area contributed by atoms with Gasteiger partial charge >= 0.3 is 5.97 Å². The molecule has 0 bridgehead atoms. The Balaban J connectivity index is 1.79. The van der Waals surface area contributed by atoms with Gasteiger partial charge in [-0.05, 0) is 69.7 Å². The van der Waals surface area contributed by atoms with E-state index < -0.39 is 34.7 Å². The van der Waals surface area contributed by atoms with Crippen molar-refractivity contribution in [1.82, 2.24) is 5.32 Å². The summed E-state index contributed by atoms with van der Waals surface area (Å²) in [4.78, 5) is 30.2. The largest absolute Gasteiger partial charge is 0.494 e. The van der Waals surface area contributed by atoms with Crippen LogP contribution in [-0.2, 0) is 25.6 Å². The Kier molecular flexibility index (Phi) is 9.20. The number of nitrogens with one attached hydrogen (secondary N) is 1. The number of hydrogen-bond acceptors (Lipinski definition) is 7. The zero-order chi connectivity index (χ0) is 27.1. The molecule has 2 aromatic rings. The Morgan fingerprint density at radius 1 is 1.16 bits per heavy atom. The summed E-state index contributed by atoms with van der Waals surface area (Å²) in [7, 11) is 0. The van der Waals surface area contributed by atoms with E-state index in [1.807, 2.05) is 0 Å². The van der Waals surface area contributed by atoms with Crippen molar-refractivity contribution in [3.8, 4) is 5.75 Å². The molecule has 2 N–H and O–H groups in total. The van der Waals surface area contributed by atoms with Gasteiger partial charge in [-0.15, -0.1) is 0 Å². The van der Waals surface area contributed by atoms with Gasteiger partial charge in [0, 0.05) is 37.1 Å². The highest BCUT2D eigenvalue weighted by Gasteiger charge is 2.44. The molecule has 1 atom stereocenters. The normalized spacial score (nSPS) is 17.1. The fourth-order valence-corrected chi connectivity index (χ4v) is 3.62. The van der Waals surface area contributed by atoms with Crippen LogP contribution in [0.1, 0.15) is 51.2 Å². The minimum atomic E-state index is -1.47. The van der Waals surface area contributed by atoms with Crippen molar-refractivity contribution in [1.29, 1.82) is 0 Å². The Morgan fingerprint density at radius 3 is 2.57 bits per heavy atom. The molecule has 0 saturated heterocycles. The number of aliphatic imine (C=N–C) groups is 1. The maximum atomic E-state index is 14.1. The number of amides is 1. The van der Waals surface area contributed by atoms with Gasteiger partial charge in [-0.25, -0.2) is 13.8 Å². The van der Waals surface area contributed by atoms with Crippen LogP contribution in [0.3, 0.4) is 0 Å². The second-order valence-corrected chi connectivity index (χ2v) is 9.69. The maximum absolute atomic E-state index is 14.1. The molecule has 1 amide bonds. The quantitative estimate of drug-likeness (QED) is 0.347. The van der Waals surface area contributed by atoms with Gasteiger partial charge in [0.15, 0.2) is 5.54 Å². The zero-order valence-electron chi connectivity index (χ0n) is 21.2. The zero-order valence-corrected chi connectivity index (χ0v) is 21.2. The molecule has 1 heterocycles. The second kappa shape index (κ2) is 12.1. The molecule has 3 rings (SSSR count). The summed E-state index contributed by atoms with van der Waals surface area (Å²) >= 11 is 0. The molecule has 8 nitrogen and oxygen atoms in total. The summed E-state index contributed by atoms with van der Waals surface area (Å²) in [6.07, 6.45) is 0.397. The number of ether oxygens (including phenoxy) is 3. The predicted octanol–water partition coefficient (Wildman–Crippen LogP) is 3.68. The first-order valence-electron chi connectivity index (χ1n) is 12.0. The van der Waals surface area contributed by atoms with Crippen LogP contribution in [0.5, 0.6) is 5.75 Å². The average Bonchev–Trinajstić information content (AvgIpc) is 3.28. The van der Waals surface area contributed by atoms with E-state index in [0.717, 1.165) is 18.2 Å². The first-order chi connectivity index (χ1) is 17.5. The molecule has 10 heteroatoms. The third kappa shape index (κ3) is 7.98. The van der Waals surface area contributed by atoms with E-state index in [4.69, 9.17) is 19.3 Å². The summed E-state index contributed by atoms with van der Waals surface area (Å²) in [6, 6.07) is 9.86. The van der Waals surface area contributed by atoms with Crippen LogP contribution in [0.2, 0.25) is 0 Å². The number of hydrogen-bond donors (Lipinski definition) is 2. The Morgan fingerprint density at radius 2 is 1.89 bits per heavy atom. The van der Waals surface area contributed by atoms with E-state index in [-0.39, 0.29) is 44.1 Å². The van der Waals surface area contributed by atoms with Crippen molar-refractivity contribution in [3.05, 3.63) is 65.2 Å². The third-order valence-corrected chi connectivity index (χ3v) is 5.47. The molecule has 0 saturated carbocycles. The summed E-state index contributed by atoms with van der Waals surface area (Å²) in [6.45, 7) is 5.22. The molecule has 1 aliphatic heterocycles. The molecule has 0 unspecified atom stereocenters. The molecule has 0 aromatic heterocycles. The van der Waals surface area contributed by atoms with Gasteiger partial charge in [0.25, 0.3) is 5.91 Å². The van der Waals surface area contributed by atoms with Crippen LogP contribution in [-0.4, -0.2) is 53.8 Å². The van der Waals surface area contributed by atoms with Crippen LogP contribution >= 0.6 is 0 Å². The molecule has 0 aliphatic carbocycles. The molecule has 0 radical (unpaired) electrons. The first-order valence-corrected chi connectivity index (χ1v) is 12.0. The van der Waals surface area contributed by atoms with E-state index in [1.54, 1.807) is 45.0 Å². The Labute approximate surface area is 214 Å². The lowest BCUT2D eigenvalue weighted by molar-refractivity contribution is -0.155. The van der Waals surface area contributed by atoms with Crippen LogP contribution < -0.4 is 10.1 Å². The fourth-order valence-electron chi connectivity index (χ4n) is 3.62. The molecular formula is C27H32F2N2O6. The van der Waals surface area contributed by atoms with Gasteiger partial charge < -0.3 is 24.6 Å². The molecule has 1 aliphatic rings. The number of rotatable bonds is 11. The van der Waals surface area contributed by atoms with Gasteiger partial charge in [0.05, 0.1) is 6.61 Å². The van der Waals surface area contributed by atoms with Crippen molar-refractivity contribution < 1.29 is 37.7 Å². The highest BCUT2D eigenvalue weighted by molar-refractivity contribution is 6.00. The van der Waals surface area contributed by atoms with E-state index in [0.29, 0.717) is 24.3 Å². The standard InChI is InChI=1S/C27H32F2N2O6/c1-26(2,3)37-23(33)11-12-27(25(34)30-16-19-15-20(28)7-10-22(19)29)17-36-24(31-27)18-5-8-21(9-6-18)35-14-4-13-32/h5-10,15,32H,4,11-14,16-17H2,1-3H3,(H,30,34)/t27-/m1/s1. The Hall–Kier alpha value is -3.53. The van der Waals surface area contributed by atoms with E-state index in [1.165, 1.54) is 0 Å². The van der Waals surface area contributed by atoms with Gasteiger partial charge in [0.1, 0.15) is 29.6 Å². The van der Waals surface area contributed by atoms with Crippen LogP contribution in [0.25, 0.3) is 0 Å². The minimum Gasteiger partial charge on any atom is -0.494 e. The number of carbonyl (C=O) groups excluding carboxylic acids is 2. The summed E-state index contributed by atoms with van der Waals surface area (Å²) in [5, 5.41) is 11.5. The molecule has 0 spiro atoms. The van der Waals surface area contributed by atoms with E-state index in [2.05, 4.69) is 10.3 Å².